The van der Waals surface area contributed by atoms with Crippen LogP contribution in [0.2, 0.25) is 0 Å². The van der Waals surface area contributed by atoms with Gasteiger partial charge in [0.05, 0.1) is 5.69 Å². The number of benzene rings is 1. The van der Waals surface area contributed by atoms with Crippen molar-refractivity contribution in [3.63, 3.8) is 0 Å². The van der Waals surface area contributed by atoms with Crippen molar-refractivity contribution in [3.05, 3.63) is 28.2 Å². The van der Waals surface area contributed by atoms with Crippen LogP contribution in [0.25, 0.3) is 0 Å². The lowest BCUT2D eigenvalue weighted by Crippen LogP contribution is -2.41. The molecule has 2 aliphatic rings. The van der Waals surface area contributed by atoms with Crippen LogP contribution in [0, 0.1) is 5.92 Å². The lowest BCUT2D eigenvalue weighted by atomic mass is 9.78. The van der Waals surface area contributed by atoms with Crippen LogP contribution in [-0.2, 0) is 10.4 Å². The first-order valence-electron chi connectivity index (χ1n) is 6.97. The minimum atomic E-state index is -1.34. The molecule has 0 aromatic heterocycles. The Morgan fingerprint density at radius 1 is 1.21 bits per heavy atom. The summed E-state index contributed by atoms with van der Waals surface area (Å²) in [5.41, 5.74) is 0.127. The average Bonchev–Trinajstić information content (AvgIpc) is 2.62. The second kappa shape index (κ2) is 4.91. The van der Waals surface area contributed by atoms with Gasteiger partial charge in [0.25, 0.3) is 5.91 Å². The molecule has 1 saturated carbocycles. The van der Waals surface area contributed by atoms with E-state index in [-0.39, 0.29) is 11.8 Å². The second-order valence-electron chi connectivity index (χ2n) is 5.57. The van der Waals surface area contributed by atoms with Crippen molar-refractivity contribution in [2.75, 3.05) is 5.32 Å². The minimum absolute atomic E-state index is 0.0329. The second-order valence-corrected chi connectivity index (χ2v) is 6.43. The Morgan fingerprint density at radius 2 is 1.89 bits per heavy atom. The number of hydrogen-bond acceptors (Lipinski definition) is 2. The lowest BCUT2D eigenvalue weighted by molar-refractivity contribution is -0.140. The van der Waals surface area contributed by atoms with Gasteiger partial charge in [-0.15, -0.1) is 0 Å². The van der Waals surface area contributed by atoms with Crippen molar-refractivity contribution in [2.45, 2.75) is 44.1 Å². The minimum Gasteiger partial charge on any atom is -0.375 e. The van der Waals surface area contributed by atoms with Crippen LogP contribution in [0.3, 0.4) is 0 Å². The lowest BCUT2D eigenvalue weighted by Gasteiger charge is -2.30. The molecule has 0 saturated heterocycles. The first-order valence-corrected chi connectivity index (χ1v) is 7.76. The first-order chi connectivity index (χ1) is 9.14. The van der Waals surface area contributed by atoms with Gasteiger partial charge < -0.3 is 10.4 Å². The monoisotopic (exact) mass is 323 g/mol. The third kappa shape index (κ3) is 2.01. The number of anilines is 1. The number of carbonyl (C=O) groups is 1. The molecular formula is C15H18BrNO2. The maximum absolute atomic E-state index is 12.3. The summed E-state index contributed by atoms with van der Waals surface area (Å²) in [5.74, 6) is -0.230. The highest BCUT2D eigenvalue weighted by atomic mass is 79.9. The number of halogens is 1. The molecular weight excluding hydrogens is 306 g/mol. The van der Waals surface area contributed by atoms with E-state index in [1.807, 2.05) is 18.2 Å². The zero-order valence-corrected chi connectivity index (χ0v) is 12.4. The Labute approximate surface area is 121 Å². The van der Waals surface area contributed by atoms with Gasteiger partial charge in [0.1, 0.15) is 0 Å². The highest BCUT2D eigenvalue weighted by Gasteiger charge is 2.51. The molecule has 1 aliphatic heterocycles. The van der Waals surface area contributed by atoms with E-state index >= 15 is 0 Å². The van der Waals surface area contributed by atoms with Gasteiger partial charge in [0, 0.05) is 16.0 Å². The predicted molar refractivity (Wildman–Crippen MR) is 77.9 cm³/mol. The summed E-state index contributed by atoms with van der Waals surface area (Å²) in [6.07, 6.45) is 6.47. The summed E-state index contributed by atoms with van der Waals surface area (Å²) in [6, 6.07) is 5.63. The maximum atomic E-state index is 12.3. The molecule has 102 valence electrons. The fraction of sp³-hybridized carbons (Fsp3) is 0.533. The van der Waals surface area contributed by atoms with Crippen molar-refractivity contribution in [1.29, 1.82) is 0 Å². The topological polar surface area (TPSA) is 49.3 Å². The predicted octanol–water partition coefficient (Wildman–Crippen LogP) is 3.56. The molecule has 1 aliphatic carbocycles. The van der Waals surface area contributed by atoms with E-state index in [0.29, 0.717) is 0 Å². The molecule has 1 aromatic carbocycles. The number of hydrogen-bond donors (Lipinski definition) is 2. The molecule has 0 radical (unpaired) electrons. The van der Waals surface area contributed by atoms with Crippen molar-refractivity contribution >= 4 is 27.5 Å². The van der Waals surface area contributed by atoms with E-state index in [1.165, 1.54) is 12.8 Å². The number of fused-ring (bicyclic) bond motifs is 1. The van der Waals surface area contributed by atoms with Crippen LogP contribution < -0.4 is 5.32 Å². The smallest absolute Gasteiger partial charge is 0.261 e. The average molecular weight is 324 g/mol. The van der Waals surface area contributed by atoms with Crippen molar-refractivity contribution < 1.29 is 9.90 Å². The molecule has 2 N–H and O–H groups in total. The molecule has 1 heterocycles. The third-order valence-corrected chi connectivity index (χ3v) is 5.12. The summed E-state index contributed by atoms with van der Waals surface area (Å²) >= 11 is 3.44. The molecule has 1 amide bonds. The van der Waals surface area contributed by atoms with Crippen LogP contribution in [-0.4, -0.2) is 11.0 Å². The van der Waals surface area contributed by atoms with Gasteiger partial charge >= 0.3 is 0 Å². The number of rotatable bonds is 1. The van der Waals surface area contributed by atoms with E-state index in [0.717, 1.165) is 41.4 Å². The number of carbonyl (C=O) groups excluding carboxylic acids is 1. The molecule has 0 spiro atoms. The van der Waals surface area contributed by atoms with E-state index in [2.05, 4.69) is 21.2 Å². The Hall–Kier alpha value is -0.870. The van der Waals surface area contributed by atoms with E-state index < -0.39 is 5.60 Å². The molecule has 0 bridgehead atoms. The van der Waals surface area contributed by atoms with Crippen LogP contribution in [0.15, 0.2) is 22.7 Å². The third-order valence-electron chi connectivity index (χ3n) is 4.45. The van der Waals surface area contributed by atoms with Crippen LogP contribution in [0.5, 0.6) is 0 Å². The Bertz CT molecular complexity index is 509. The summed E-state index contributed by atoms with van der Waals surface area (Å²) < 4.78 is 0.836. The molecule has 3 rings (SSSR count). The fourth-order valence-electron chi connectivity index (χ4n) is 3.40. The molecule has 1 fully saturated rings. The highest BCUT2D eigenvalue weighted by molar-refractivity contribution is 9.10. The van der Waals surface area contributed by atoms with Gasteiger partial charge in [-0.1, -0.05) is 37.8 Å². The highest BCUT2D eigenvalue weighted by Crippen LogP contribution is 2.47. The molecule has 1 atom stereocenters. The van der Waals surface area contributed by atoms with E-state index in [4.69, 9.17) is 0 Å². The van der Waals surface area contributed by atoms with Gasteiger partial charge in [0.15, 0.2) is 5.60 Å². The van der Waals surface area contributed by atoms with Crippen LogP contribution in [0.4, 0.5) is 5.69 Å². The van der Waals surface area contributed by atoms with Gasteiger partial charge in [-0.3, -0.25) is 4.79 Å². The number of aliphatic hydroxyl groups is 1. The Balaban J connectivity index is 2.03. The molecule has 1 unspecified atom stereocenters. The van der Waals surface area contributed by atoms with E-state index in [9.17, 15) is 9.90 Å². The largest absolute Gasteiger partial charge is 0.375 e. The zero-order chi connectivity index (χ0) is 13.5. The summed E-state index contributed by atoms with van der Waals surface area (Å²) in [4.78, 5) is 12.3. The quantitative estimate of drug-likeness (QED) is 0.776. The summed E-state index contributed by atoms with van der Waals surface area (Å²) in [6.45, 7) is 0. The van der Waals surface area contributed by atoms with Crippen LogP contribution >= 0.6 is 15.9 Å². The normalized spacial score (nSPS) is 27.8. The fourth-order valence-corrected chi connectivity index (χ4v) is 3.87. The van der Waals surface area contributed by atoms with Gasteiger partial charge in [0.2, 0.25) is 0 Å². The maximum Gasteiger partial charge on any atom is 0.261 e. The molecule has 1 aromatic rings. The number of para-hydroxylation sites is 1. The van der Waals surface area contributed by atoms with Crippen molar-refractivity contribution in [1.82, 2.24) is 0 Å². The number of nitrogens with one attached hydrogen (secondary N) is 1. The summed E-state index contributed by atoms with van der Waals surface area (Å²) in [5, 5.41) is 13.9. The number of amides is 1. The standard InChI is InChI=1S/C15H18BrNO2/c16-12-9-5-8-11-13(12)17-14(18)15(11,19)10-6-3-1-2-4-7-10/h5,8-10,19H,1-4,6-7H2,(H,17,18). The molecule has 4 heteroatoms. The van der Waals surface area contributed by atoms with Gasteiger partial charge in [-0.05, 0) is 34.8 Å². The first kappa shape index (κ1) is 13.1. The Morgan fingerprint density at radius 3 is 2.58 bits per heavy atom. The van der Waals surface area contributed by atoms with Gasteiger partial charge in [-0.2, -0.15) is 0 Å². The van der Waals surface area contributed by atoms with Gasteiger partial charge in [-0.25, -0.2) is 0 Å². The summed E-state index contributed by atoms with van der Waals surface area (Å²) in [7, 11) is 0. The zero-order valence-electron chi connectivity index (χ0n) is 10.8. The van der Waals surface area contributed by atoms with Crippen LogP contribution in [0.1, 0.15) is 44.1 Å². The van der Waals surface area contributed by atoms with Crippen molar-refractivity contribution in [3.8, 4) is 0 Å². The Kier molecular flexibility index (Phi) is 3.39. The molecule has 19 heavy (non-hydrogen) atoms. The van der Waals surface area contributed by atoms with E-state index in [1.54, 1.807) is 0 Å². The van der Waals surface area contributed by atoms with Crippen molar-refractivity contribution in [2.24, 2.45) is 5.92 Å². The SMILES string of the molecule is O=C1Nc2c(Br)cccc2C1(O)C1CCCCCC1. The molecule has 3 nitrogen and oxygen atoms in total.